The number of benzene rings is 2. The molecular weight excluding hydrogens is 316 g/mol. The number of pyridine rings is 1. The highest BCUT2D eigenvalue weighted by Gasteiger charge is 2.20. The smallest absolute Gasteiger partial charge is 0.338 e. The molecule has 2 N–H and O–H groups in total. The van der Waals surface area contributed by atoms with Crippen LogP contribution in [0.4, 0.5) is 5.69 Å². The molecule has 0 amide bonds. The van der Waals surface area contributed by atoms with Crippen LogP contribution in [0.3, 0.4) is 0 Å². The Morgan fingerprint density at radius 3 is 2.84 bits per heavy atom. The maximum Gasteiger partial charge on any atom is 0.338 e. The molecule has 4 rings (SSSR count). The average Bonchev–Trinajstić information content (AvgIpc) is 3.00. The number of carbonyl (C=O) groups excluding carboxylic acids is 1. The number of hydrogen-bond acceptors (Lipinski definition) is 4. The second kappa shape index (κ2) is 6.09. The summed E-state index contributed by atoms with van der Waals surface area (Å²) in [5.41, 5.74) is 5.01. The van der Waals surface area contributed by atoms with Crippen molar-refractivity contribution in [3.8, 4) is 0 Å². The van der Waals surface area contributed by atoms with Gasteiger partial charge < -0.3 is 15.0 Å². The molecule has 2 heterocycles. The summed E-state index contributed by atoms with van der Waals surface area (Å²) in [6, 6.07) is 13.5. The average molecular weight is 334 g/mol. The van der Waals surface area contributed by atoms with E-state index in [2.05, 4.69) is 23.3 Å². The Bertz CT molecular complexity index is 1040. The van der Waals surface area contributed by atoms with Crippen molar-refractivity contribution in [3.05, 3.63) is 75.1 Å². The molecule has 126 valence electrons. The first-order valence-corrected chi connectivity index (χ1v) is 8.33. The van der Waals surface area contributed by atoms with Gasteiger partial charge in [-0.25, -0.2) is 4.79 Å². The van der Waals surface area contributed by atoms with Crippen molar-refractivity contribution in [2.75, 3.05) is 5.32 Å². The Kier molecular flexibility index (Phi) is 3.76. The maximum atomic E-state index is 12.3. The van der Waals surface area contributed by atoms with Crippen molar-refractivity contribution >= 4 is 22.6 Å². The molecule has 25 heavy (non-hydrogen) atoms. The number of cyclic esters (lactones) is 1. The molecule has 0 atom stereocenters. The Hall–Kier alpha value is -3.08. The van der Waals surface area contributed by atoms with Crippen LogP contribution < -0.4 is 10.9 Å². The Morgan fingerprint density at radius 1 is 1.12 bits per heavy atom. The van der Waals surface area contributed by atoms with E-state index in [9.17, 15) is 9.59 Å². The first-order chi connectivity index (χ1) is 12.1. The van der Waals surface area contributed by atoms with Crippen molar-refractivity contribution in [3.63, 3.8) is 0 Å². The Balaban J connectivity index is 1.59. The summed E-state index contributed by atoms with van der Waals surface area (Å²) in [5.74, 6) is -0.278. The van der Waals surface area contributed by atoms with Gasteiger partial charge in [-0.3, -0.25) is 4.79 Å². The molecule has 2 aromatic carbocycles. The lowest BCUT2D eigenvalue weighted by atomic mass is 10.1. The van der Waals surface area contributed by atoms with E-state index in [0.717, 1.165) is 28.6 Å². The summed E-state index contributed by atoms with van der Waals surface area (Å²) in [6.07, 6.45) is 0.957. The number of aromatic amines is 1. The number of H-pyrrole nitrogens is 1. The van der Waals surface area contributed by atoms with E-state index in [0.29, 0.717) is 24.3 Å². The molecule has 0 radical (unpaired) electrons. The highest BCUT2D eigenvalue weighted by molar-refractivity contribution is 5.93. The molecule has 0 bridgehead atoms. The lowest BCUT2D eigenvalue weighted by Gasteiger charge is -2.09. The summed E-state index contributed by atoms with van der Waals surface area (Å²) >= 11 is 0. The van der Waals surface area contributed by atoms with Crippen LogP contribution in [-0.4, -0.2) is 11.0 Å². The number of ether oxygens (including phenoxy) is 1. The van der Waals surface area contributed by atoms with E-state index in [1.165, 1.54) is 5.56 Å². The number of aromatic nitrogens is 1. The van der Waals surface area contributed by atoms with E-state index in [1.807, 2.05) is 30.3 Å². The number of carbonyl (C=O) groups is 1. The number of nitrogens with one attached hydrogen (secondary N) is 2. The summed E-state index contributed by atoms with van der Waals surface area (Å²) in [7, 11) is 0. The lowest BCUT2D eigenvalue weighted by Crippen LogP contribution is -2.15. The lowest BCUT2D eigenvalue weighted by molar-refractivity contribution is 0.0535. The van der Waals surface area contributed by atoms with Crippen molar-refractivity contribution in [2.24, 2.45) is 0 Å². The van der Waals surface area contributed by atoms with Gasteiger partial charge in [-0.2, -0.15) is 0 Å². The summed E-state index contributed by atoms with van der Waals surface area (Å²) in [5, 5.41) is 4.28. The van der Waals surface area contributed by atoms with Gasteiger partial charge in [-0.1, -0.05) is 13.0 Å². The maximum absolute atomic E-state index is 12.3. The standard InChI is InChI=1S/C20H18N2O3/c1-2-12-3-6-18-13(7-12)8-14(19(23)22-18)10-21-16-4-5-17-15(9-16)11-25-20(17)24/h3-9,21H,2,10-11H2,1H3,(H,22,23). The summed E-state index contributed by atoms with van der Waals surface area (Å²) in [4.78, 5) is 26.7. The number of aryl methyl sites for hydroxylation is 1. The van der Waals surface area contributed by atoms with Crippen LogP contribution in [0, 0.1) is 0 Å². The number of rotatable bonds is 4. The minimum absolute atomic E-state index is 0.0936. The molecule has 0 unspecified atom stereocenters. The van der Waals surface area contributed by atoms with E-state index < -0.39 is 0 Å². The van der Waals surface area contributed by atoms with E-state index >= 15 is 0 Å². The summed E-state index contributed by atoms with van der Waals surface area (Å²) in [6.45, 7) is 2.83. The zero-order chi connectivity index (χ0) is 17.4. The van der Waals surface area contributed by atoms with Crippen LogP contribution in [-0.2, 0) is 24.3 Å². The third-order valence-electron chi connectivity index (χ3n) is 4.56. The summed E-state index contributed by atoms with van der Waals surface area (Å²) < 4.78 is 5.01. The van der Waals surface area contributed by atoms with Crippen molar-refractivity contribution in [2.45, 2.75) is 26.5 Å². The highest BCUT2D eigenvalue weighted by atomic mass is 16.5. The predicted octanol–water partition coefficient (Wildman–Crippen LogP) is 3.37. The quantitative estimate of drug-likeness (QED) is 0.718. The zero-order valence-electron chi connectivity index (χ0n) is 13.9. The van der Waals surface area contributed by atoms with Crippen LogP contribution >= 0.6 is 0 Å². The van der Waals surface area contributed by atoms with Gasteiger partial charge in [0.25, 0.3) is 5.56 Å². The van der Waals surface area contributed by atoms with Crippen molar-refractivity contribution in [1.29, 1.82) is 0 Å². The van der Waals surface area contributed by atoms with Gasteiger partial charge in [0, 0.05) is 28.9 Å². The van der Waals surface area contributed by atoms with Gasteiger partial charge >= 0.3 is 5.97 Å². The van der Waals surface area contributed by atoms with Gasteiger partial charge in [0.2, 0.25) is 0 Å². The van der Waals surface area contributed by atoms with Crippen LogP contribution in [0.15, 0.2) is 47.3 Å². The molecule has 0 aliphatic carbocycles. The van der Waals surface area contributed by atoms with E-state index in [1.54, 1.807) is 6.07 Å². The van der Waals surface area contributed by atoms with Crippen LogP contribution in [0.25, 0.3) is 10.9 Å². The predicted molar refractivity (Wildman–Crippen MR) is 96.8 cm³/mol. The fourth-order valence-corrected chi connectivity index (χ4v) is 3.09. The molecule has 1 aromatic heterocycles. The first kappa shape index (κ1) is 15.4. The van der Waals surface area contributed by atoms with Gasteiger partial charge in [-0.05, 0) is 53.8 Å². The largest absolute Gasteiger partial charge is 0.457 e. The van der Waals surface area contributed by atoms with Crippen LogP contribution in [0.5, 0.6) is 0 Å². The minimum atomic E-state index is -0.278. The fraction of sp³-hybridized carbons (Fsp3) is 0.200. The first-order valence-electron chi connectivity index (χ1n) is 8.33. The normalized spacial score (nSPS) is 12.9. The molecule has 3 aromatic rings. The number of anilines is 1. The molecule has 0 saturated carbocycles. The van der Waals surface area contributed by atoms with Crippen LogP contribution in [0.1, 0.15) is 34.0 Å². The van der Waals surface area contributed by atoms with Crippen molar-refractivity contribution < 1.29 is 9.53 Å². The van der Waals surface area contributed by atoms with E-state index in [4.69, 9.17) is 4.74 Å². The van der Waals surface area contributed by atoms with Crippen molar-refractivity contribution in [1.82, 2.24) is 4.98 Å². The van der Waals surface area contributed by atoms with Crippen LogP contribution in [0.2, 0.25) is 0 Å². The fourth-order valence-electron chi connectivity index (χ4n) is 3.09. The van der Waals surface area contributed by atoms with Gasteiger partial charge in [0.05, 0.1) is 5.56 Å². The number of fused-ring (bicyclic) bond motifs is 2. The number of esters is 1. The number of hydrogen-bond donors (Lipinski definition) is 2. The Labute approximate surface area is 144 Å². The highest BCUT2D eigenvalue weighted by Crippen LogP contribution is 2.23. The topological polar surface area (TPSA) is 71.2 Å². The molecule has 1 aliphatic heterocycles. The third kappa shape index (κ3) is 2.89. The molecule has 5 heteroatoms. The monoisotopic (exact) mass is 334 g/mol. The molecule has 1 aliphatic rings. The third-order valence-corrected chi connectivity index (χ3v) is 4.56. The zero-order valence-corrected chi connectivity index (χ0v) is 13.9. The Morgan fingerprint density at radius 2 is 2.00 bits per heavy atom. The molecular formula is C20H18N2O3. The minimum Gasteiger partial charge on any atom is -0.457 e. The second-order valence-electron chi connectivity index (χ2n) is 6.20. The second-order valence-corrected chi connectivity index (χ2v) is 6.20. The SMILES string of the molecule is CCc1ccc2[nH]c(=O)c(CNc3ccc4c(c3)COC4=O)cc2c1. The molecule has 0 fully saturated rings. The van der Waals surface area contributed by atoms with Gasteiger partial charge in [0.15, 0.2) is 0 Å². The molecule has 0 saturated heterocycles. The van der Waals surface area contributed by atoms with Gasteiger partial charge in [0.1, 0.15) is 6.61 Å². The molecule has 5 nitrogen and oxygen atoms in total. The van der Waals surface area contributed by atoms with E-state index in [-0.39, 0.29) is 11.5 Å². The molecule has 0 spiro atoms. The van der Waals surface area contributed by atoms with Gasteiger partial charge in [-0.15, -0.1) is 0 Å².